The molecule has 134 valence electrons. The molecule has 0 aliphatic rings. The quantitative estimate of drug-likeness (QED) is 0.549. The van der Waals surface area contributed by atoms with Crippen LogP contribution in [-0.2, 0) is 0 Å². The number of allylic oxidation sites excluding steroid dienone is 1. The molecule has 3 nitrogen and oxygen atoms in total. The van der Waals surface area contributed by atoms with E-state index in [1.807, 2.05) is 60.8 Å². The number of nitrogens with zero attached hydrogens (tertiary/aromatic N) is 3. The monoisotopic (exact) mass is 361 g/mol. The fourth-order valence-electron chi connectivity index (χ4n) is 2.94. The third kappa shape index (κ3) is 4.10. The van der Waals surface area contributed by atoms with Crippen LogP contribution in [0.3, 0.4) is 0 Å². The van der Waals surface area contributed by atoms with Gasteiger partial charge in [0, 0.05) is 18.0 Å². The molecule has 3 heteroatoms. The van der Waals surface area contributed by atoms with E-state index in [9.17, 15) is 0 Å². The Balaban J connectivity index is 1.57. The van der Waals surface area contributed by atoms with Crippen LogP contribution >= 0.6 is 0 Å². The summed E-state index contributed by atoms with van der Waals surface area (Å²) in [6.45, 7) is 4.03. The second kappa shape index (κ2) is 8.23. The Kier molecular flexibility index (Phi) is 5.16. The van der Waals surface area contributed by atoms with Crippen molar-refractivity contribution in [1.82, 2.24) is 15.0 Å². The van der Waals surface area contributed by atoms with Gasteiger partial charge in [0.25, 0.3) is 0 Å². The van der Waals surface area contributed by atoms with E-state index >= 15 is 0 Å². The molecule has 2 aromatic carbocycles. The summed E-state index contributed by atoms with van der Waals surface area (Å²) in [5, 5.41) is 2.10. The maximum Gasteiger partial charge on any atom is 0.116 e. The van der Waals surface area contributed by atoms with E-state index in [4.69, 9.17) is 0 Å². The van der Waals surface area contributed by atoms with Crippen LogP contribution < -0.4 is 10.4 Å². The first-order chi connectivity index (χ1) is 13.8. The topological polar surface area (TPSA) is 38.7 Å². The Bertz CT molecular complexity index is 1210. The van der Waals surface area contributed by atoms with Crippen LogP contribution in [0, 0.1) is 0 Å². The number of pyridine rings is 1. The molecule has 2 aromatic heterocycles. The summed E-state index contributed by atoms with van der Waals surface area (Å²) < 4.78 is 0. The third-order valence-corrected chi connectivity index (χ3v) is 4.46. The molecule has 0 saturated heterocycles. The highest BCUT2D eigenvalue weighted by molar-refractivity contribution is 5.69. The lowest BCUT2D eigenvalue weighted by atomic mass is 10.0. The van der Waals surface area contributed by atoms with Gasteiger partial charge < -0.3 is 0 Å². The van der Waals surface area contributed by atoms with Crippen molar-refractivity contribution in [1.29, 1.82) is 0 Å². The maximum absolute atomic E-state index is 4.41. The van der Waals surface area contributed by atoms with Gasteiger partial charge in [0.15, 0.2) is 0 Å². The lowest BCUT2D eigenvalue weighted by Crippen LogP contribution is -2.21. The van der Waals surface area contributed by atoms with Gasteiger partial charge in [0.2, 0.25) is 0 Å². The maximum atomic E-state index is 4.41. The van der Waals surface area contributed by atoms with Crippen molar-refractivity contribution in [3.05, 3.63) is 108 Å². The Morgan fingerprint density at radius 2 is 1.61 bits per heavy atom. The van der Waals surface area contributed by atoms with Crippen LogP contribution in [0.25, 0.3) is 41.1 Å². The zero-order valence-corrected chi connectivity index (χ0v) is 15.4. The Morgan fingerprint density at radius 1 is 0.786 bits per heavy atom. The number of rotatable bonds is 4. The summed E-state index contributed by atoms with van der Waals surface area (Å²) in [7, 11) is 0. The fraction of sp³-hybridized carbons (Fsp3) is 0. The minimum atomic E-state index is 0.860. The fourth-order valence-corrected chi connectivity index (χ4v) is 2.94. The molecule has 4 aromatic rings. The summed E-state index contributed by atoms with van der Waals surface area (Å²) in [4.78, 5) is 12.9. The van der Waals surface area contributed by atoms with E-state index in [1.54, 1.807) is 12.5 Å². The molecule has 0 aliphatic heterocycles. The van der Waals surface area contributed by atoms with Gasteiger partial charge in [-0.15, -0.1) is 0 Å². The van der Waals surface area contributed by atoms with E-state index < -0.39 is 0 Å². The minimum absolute atomic E-state index is 0.860. The second-order valence-electron chi connectivity index (χ2n) is 6.37. The van der Waals surface area contributed by atoms with Crippen LogP contribution in [0.1, 0.15) is 5.69 Å². The first-order valence-electron chi connectivity index (χ1n) is 9.05. The highest BCUT2D eigenvalue weighted by Gasteiger charge is 2.02. The van der Waals surface area contributed by atoms with Gasteiger partial charge in [-0.25, -0.2) is 9.97 Å². The summed E-state index contributed by atoms with van der Waals surface area (Å²) in [5.74, 6) is 0. The molecule has 0 radical (unpaired) electrons. The van der Waals surface area contributed by atoms with E-state index in [0.29, 0.717) is 0 Å². The predicted molar refractivity (Wildman–Crippen MR) is 115 cm³/mol. The molecule has 28 heavy (non-hydrogen) atoms. The normalized spacial score (nSPS) is 11.8. The van der Waals surface area contributed by atoms with Crippen molar-refractivity contribution in [2.24, 2.45) is 0 Å². The van der Waals surface area contributed by atoms with Gasteiger partial charge in [-0.1, -0.05) is 73.3 Å². The summed E-state index contributed by atoms with van der Waals surface area (Å²) in [6, 6.07) is 22.3. The lowest BCUT2D eigenvalue weighted by Gasteiger charge is -2.04. The van der Waals surface area contributed by atoms with E-state index in [1.165, 1.54) is 0 Å². The van der Waals surface area contributed by atoms with Crippen molar-refractivity contribution >= 4 is 18.7 Å². The molecule has 4 rings (SSSR count). The Morgan fingerprint density at radius 3 is 2.39 bits per heavy atom. The molecular formula is C25H19N3. The lowest BCUT2D eigenvalue weighted by molar-refractivity contribution is 1.16. The van der Waals surface area contributed by atoms with E-state index in [2.05, 4.69) is 51.9 Å². The summed E-state index contributed by atoms with van der Waals surface area (Å²) >= 11 is 0. The Hall–Kier alpha value is -3.85. The van der Waals surface area contributed by atoms with Crippen molar-refractivity contribution < 1.29 is 0 Å². The molecular weight excluding hydrogens is 342 g/mol. The molecule has 0 fully saturated rings. The zero-order valence-electron chi connectivity index (χ0n) is 15.4. The third-order valence-electron chi connectivity index (χ3n) is 4.46. The first-order valence-corrected chi connectivity index (χ1v) is 9.05. The highest BCUT2D eigenvalue weighted by atomic mass is 14.8. The highest BCUT2D eigenvalue weighted by Crippen LogP contribution is 2.23. The van der Waals surface area contributed by atoms with Crippen molar-refractivity contribution in [2.45, 2.75) is 0 Å². The second-order valence-corrected chi connectivity index (χ2v) is 6.37. The predicted octanol–water partition coefficient (Wildman–Crippen LogP) is 4.11. The molecule has 0 bridgehead atoms. The van der Waals surface area contributed by atoms with E-state index in [-0.39, 0.29) is 0 Å². The van der Waals surface area contributed by atoms with Crippen LogP contribution in [0.5, 0.6) is 0 Å². The SMILES string of the molecule is C=c1cccc/c1=C/C=C/c1cc(-c2ccc(-c3cccnc3)cc2)ncn1. The molecule has 0 N–H and O–H groups in total. The number of benzene rings is 2. The standard InChI is InChI=1S/C25H19N3/c1-19-6-2-3-7-20(19)8-4-10-24-16-25(28-18-27-24)22-13-11-21(12-14-22)23-9-5-15-26-17-23/h2-18H,1H2/b10-4+,20-8-. The first kappa shape index (κ1) is 17.6. The molecule has 0 aliphatic carbocycles. The molecule has 0 unspecified atom stereocenters. The van der Waals surface area contributed by atoms with Crippen LogP contribution in [0.2, 0.25) is 0 Å². The number of aromatic nitrogens is 3. The largest absolute Gasteiger partial charge is 0.264 e. The van der Waals surface area contributed by atoms with Crippen molar-refractivity contribution in [3.8, 4) is 22.4 Å². The van der Waals surface area contributed by atoms with Gasteiger partial charge >= 0.3 is 0 Å². The molecule has 2 heterocycles. The van der Waals surface area contributed by atoms with Gasteiger partial charge in [-0.3, -0.25) is 4.98 Å². The van der Waals surface area contributed by atoms with Crippen molar-refractivity contribution in [2.75, 3.05) is 0 Å². The van der Waals surface area contributed by atoms with Crippen molar-refractivity contribution in [3.63, 3.8) is 0 Å². The molecule has 0 amide bonds. The van der Waals surface area contributed by atoms with Crippen LogP contribution in [-0.4, -0.2) is 15.0 Å². The smallest absolute Gasteiger partial charge is 0.116 e. The molecule has 0 atom stereocenters. The van der Waals surface area contributed by atoms with Crippen LogP contribution in [0.4, 0.5) is 0 Å². The number of hydrogen-bond donors (Lipinski definition) is 0. The zero-order chi connectivity index (χ0) is 19.2. The Labute approximate surface area is 164 Å². The van der Waals surface area contributed by atoms with Gasteiger partial charge in [0.05, 0.1) is 11.4 Å². The van der Waals surface area contributed by atoms with Crippen LogP contribution in [0.15, 0.2) is 91.5 Å². The molecule has 0 saturated carbocycles. The summed E-state index contributed by atoms with van der Waals surface area (Å²) in [5.41, 5.74) is 5.04. The number of hydrogen-bond acceptors (Lipinski definition) is 3. The van der Waals surface area contributed by atoms with Gasteiger partial charge in [0.1, 0.15) is 6.33 Å². The summed E-state index contributed by atoms with van der Waals surface area (Å²) in [6.07, 6.45) is 11.2. The average Bonchev–Trinajstić information content (AvgIpc) is 2.76. The minimum Gasteiger partial charge on any atom is -0.264 e. The molecule has 0 spiro atoms. The van der Waals surface area contributed by atoms with Gasteiger partial charge in [-0.2, -0.15) is 0 Å². The van der Waals surface area contributed by atoms with E-state index in [0.717, 1.165) is 38.5 Å². The van der Waals surface area contributed by atoms with Gasteiger partial charge in [-0.05, 0) is 39.8 Å². The average molecular weight is 361 g/mol.